The molecule has 1 aromatic heterocycles. The number of carbonyl (C=O) groups excluding carboxylic acids is 2. The first-order valence-corrected chi connectivity index (χ1v) is 9.43. The minimum absolute atomic E-state index is 0.182. The molecule has 0 bridgehead atoms. The number of anilines is 2. The number of fused-ring (bicyclic) bond motifs is 1. The summed E-state index contributed by atoms with van der Waals surface area (Å²) in [5.41, 5.74) is 8.16. The van der Waals surface area contributed by atoms with E-state index in [9.17, 15) is 9.59 Å². The van der Waals surface area contributed by atoms with Gasteiger partial charge in [0, 0.05) is 24.2 Å². The van der Waals surface area contributed by atoms with Crippen LogP contribution in [0.2, 0.25) is 0 Å². The average molecular weight is 374 g/mol. The van der Waals surface area contributed by atoms with Crippen molar-refractivity contribution < 1.29 is 9.59 Å². The van der Waals surface area contributed by atoms with Gasteiger partial charge >= 0.3 is 0 Å². The molecule has 1 fully saturated rings. The van der Waals surface area contributed by atoms with Crippen LogP contribution in [0, 0.1) is 0 Å². The third kappa shape index (κ3) is 3.81. The lowest BCUT2D eigenvalue weighted by molar-refractivity contribution is -0.117. The molecule has 2 heterocycles. The van der Waals surface area contributed by atoms with Crippen molar-refractivity contribution in [3.05, 3.63) is 65.7 Å². The second-order valence-corrected chi connectivity index (χ2v) is 7.04. The molecule has 1 saturated heterocycles. The summed E-state index contributed by atoms with van der Waals surface area (Å²) in [6, 6.07) is 16.9. The average Bonchev–Trinajstić information content (AvgIpc) is 3.23. The summed E-state index contributed by atoms with van der Waals surface area (Å²) < 4.78 is 0. The molecule has 4 rings (SSSR count). The van der Waals surface area contributed by atoms with Crippen LogP contribution in [0.1, 0.15) is 28.8 Å². The SMILES string of the molecule is NC(=O)Cc1ccc(NC(=O)c2cc3ccccc3nc2N2CCCC2)cc1. The van der Waals surface area contributed by atoms with E-state index in [1.54, 1.807) is 24.3 Å². The van der Waals surface area contributed by atoms with Crippen LogP contribution in [0.25, 0.3) is 10.9 Å². The minimum atomic E-state index is -0.380. The quantitative estimate of drug-likeness (QED) is 0.718. The van der Waals surface area contributed by atoms with E-state index in [0.717, 1.165) is 48.2 Å². The highest BCUT2D eigenvalue weighted by atomic mass is 16.2. The Morgan fingerprint density at radius 2 is 1.75 bits per heavy atom. The predicted octanol–water partition coefficient (Wildman–Crippen LogP) is 3.12. The third-order valence-corrected chi connectivity index (χ3v) is 4.94. The highest BCUT2D eigenvalue weighted by molar-refractivity contribution is 6.09. The van der Waals surface area contributed by atoms with E-state index in [1.807, 2.05) is 30.3 Å². The summed E-state index contributed by atoms with van der Waals surface area (Å²) in [4.78, 5) is 31.0. The van der Waals surface area contributed by atoms with Gasteiger partial charge in [-0.15, -0.1) is 0 Å². The number of para-hydroxylation sites is 1. The minimum Gasteiger partial charge on any atom is -0.369 e. The molecular weight excluding hydrogens is 352 g/mol. The van der Waals surface area contributed by atoms with E-state index < -0.39 is 0 Å². The fourth-order valence-corrected chi connectivity index (χ4v) is 3.55. The molecule has 0 atom stereocenters. The number of primary amides is 1. The number of rotatable bonds is 5. The highest BCUT2D eigenvalue weighted by Crippen LogP contribution is 2.27. The van der Waals surface area contributed by atoms with Crippen LogP contribution in [0.15, 0.2) is 54.6 Å². The zero-order valence-electron chi connectivity index (χ0n) is 15.5. The molecule has 3 N–H and O–H groups in total. The number of nitrogens with two attached hydrogens (primary N) is 1. The third-order valence-electron chi connectivity index (χ3n) is 4.94. The van der Waals surface area contributed by atoms with E-state index in [1.165, 1.54) is 0 Å². The summed E-state index contributed by atoms with van der Waals surface area (Å²) in [5.74, 6) is 0.163. The number of amides is 2. The highest BCUT2D eigenvalue weighted by Gasteiger charge is 2.22. The molecule has 2 aromatic carbocycles. The van der Waals surface area contributed by atoms with Crippen LogP contribution in [-0.4, -0.2) is 29.9 Å². The fraction of sp³-hybridized carbons (Fsp3) is 0.227. The van der Waals surface area contributed by atoms with Gasteiger partial charge in [-0.25, -0.2) is 4.98 Å². The molecule has 6 nitrogen and oxygen atoms in total. The molecule has 0 unspecified atom stereocenters. The van der Waals surface area contributed by atoms with Crippen molar-refractivity contribution in [1.82, 2.24) is 4.98 Å². The van der Waals surface area contributed by atoms with Gasteiger partial charge in [-0.05, 0) is 42.7 Å². The maximum atomic E-state index is 13.0. The number of aromatic nitrogens is 1. The van der Waals surface area contributed by atoms with Crippen molar-refractivity contribution >= 4 is 34.2 Å². The van der Waals surface area contributed by atoms with Gasteiger partial charge in [0.05, 0.1) is 17.5 Å². The Bertz CT molecular complexity index is 1020. The Labute approximate surface area is 163 Å². The van der Waals surface area contributed by atoms with Gasteiger partial charge < -0.3 is 16.0 Å². The second kappa shape index (κ2) is 7.68. The molecule has 3 aromatic rings. The monoisotopic (exact) mass is 374 g/mol. The lowest BCUT2D eigenvalue weighted by atomic mass is 10.1. The first-order valence-electron chi connectivity index (χ1n) is 9.43. The summed E-state index contributed by atoms with van der Waals surface area (Å²) in [7, 11) is 0. The van der Waals surface area contributed by atoms with E-state index in [0.29, 0.717) is 11.3 Å². The number of pyridine rings is 1. The molecule has 6 heteroatoms. The lowest BCUT2D eigenvalue weighted by Gasteiger charge is -2.20. The van der Waals surface area contributed by atoms with Crippen LogP contribution in [-0.2, 0) is 11.2 Å². The molecular formula is C22H22N4O2. The van der Waals surface area contributed by atoms with Crippen LogP contribution in [0.5, 0.6) is 0 Å². The normalized spacial score (nSPS) is 13.6. The number of hydrogen-bond donors (Lipinski definition) is 2. The molecule has 142 valence electrons. The number of benzene rings is 2. The lowest BCUT2D eigenvalue weighted by Crippen LogP contribution is -2.24. The van der Waals surface area contributed by atoms with Gasteiger partial charge in [0.2, 0.25) is 5.91 Å². The summed E-state index contributed by atoms with van der Waals surface area (Å²) in [5, 5.41) is 3.88. The van der Waals surface area contributed by atoms with Gasteiger partial charge in [0.25, 0.3) is 5.91 Å². The molecule has 1 aliphatic rings. The summed E-state index contributed by atoms with van der Waals surface area (Å²) in [6.07, 6.45) is 2.40. The fourth-order valence-electron chi connectivity index (χ4n) is 3.55. The number of hydrogen-bond acceptors (Lipinski definition) is 4. The van der Waals surface area contributed by atoms with Gasteiger partial charge in [-0.3, -0.25) is 9.59 Å². The first kappa shape index (κ1) is 18.0. The molecule has 2 amide bonds. The number of nitrogens with zero attached hydrogens (tertiary/aromatic N) is 2. The van der Waals surface area contributed by atoms with E-state index in [2.05, 4.69) is 10.2 Å². The van der Waals surface area contributed by atoms with Crippen molar-refractivity contribution in [3.8, 4) is 0 Å². The van der Waals surface area contributed by atoms with E-state index in [-0.39, 0.29) is 18.2 Å². The first-order chi connectivity index (χ1) is 13.6. The summed E-state index contributed by atoms with van der Waals surface area (Å²) in [6.45, 7) is 1.82. The molecule has 0 radical (unpaired) electrons. The molecule has 0 spiro atoms. The number of carbonyl (C=O) groups is 2. The van der Waals surface area contributed by atoms with Crippen LogP contribution in [0.3, 0.4) is 0 Å². The van der Waals surface area contributed by atoms with E-state index >= 15 is 0 Å². The molecule has 28 heavy (non-hydrogen) atoms. The van der Waals surface area contributed by atoms with Crippen molar-refractivity contribution in [2.24, 2.45) is 5.73 Å². The standard InChI is InChI=1S/C22H22N4O2/c23-20(27)13-15-7-9-17(10-8-15)24-22(28)18-14-16-5-1-2-6-19(16)25-21(18)26-11-3-4-12-26/h1-2,5-10,14H,3-4,11-13H2,(H2,23,27)(H,24,28). The topological polar surface area (TPSA) is 88.3 Å². The zero-order valence-corrected chi connectivity index (χ0v) is 15.5. The predicted molar refractivity (Wildman–Crippen MR) is 110 cm³/mol. The molecule has 0 aliphatic carbocycles. The Hall–Kier alpha value is -3.41. The number of nitrogens with one attached hydrogen (secondary N) is 1. The van der Waals surface area contributed by atoms with Crippen molar-refractivity contribution in [3.63, 3.8) is 0 Å². The molecule has 1 aliphatic heterocycles. The van der Waals surface area contributed by atoms with Gasteiger partial charge in [-0.1, -0.05) is 30.3 Å². The van der Waals surface area contributed by atoms with Crippen molar-refractivity contribution in [2.45, 2.75) is 19.3 Å². The largest absolute Gasteiger partial charge is 0.369 e. The smallest absolute Gasteiger partial charge is 0.259 e. The molecule has 0 saturated carbocycles. The van der Waals surface area contributed by atoms with Crippen molar-refractivity contribution in [2.75, 3.05) is 23.3 Å². The van der Waals surface area contributed by atoms with Gasteiger partial charge in [-0.2, -0.15) is 0 Å². The Balaban J connectivity index is 1.64. The van der Waals surface area contributed by atoms with Crippen LogP contribution in [0.4, 0.5) is 11.5 Å². The van der Waals surface area contributed by atoms with Gasteiger partial charge in [0.15, 0.2) is 0 Å². The van der Waals surface area contributed by atoms with Gasteiger partial charge in [0.1, 0.15) is 5.82 Å². The van der Waals surface area contributed by atoms with Crippen molar-refractivity contribution in [1.29, 1.82) is 0 Å². The maximum absolute atomic E-state index is 13.0. The van der Waals surface area contributed by atoms with Crippen LogP contribution >= 0.6 is 0 Å². The second-order valence-electron chi connectivity index (χ2n) is 7.04. The Morgan fingerprint density at radius 3 is 2.46 bits per heavy atom. The van der Waals surface area contributed by atoms with E-state index in [4.69, 9.17) is 10.7 Å². The Kier molecular flexibility index (Phi) is 4.93. The zero-order chi connectivity index (χ0) is 19.5. The van der Waals surface area contributed by atoms with Crippen LogP contribution < -0.4 is 16.0 Å². The Morgan fingerprint density at radius 1 is 1.04 bits per heavy atom. The summed E-state index contributed by atoms with van der Waals surface area (Å²) >= 11 is 0. The maximum Gasteiger partial charge on any atom is 0.259 e.